The van der Waals surface area contributed by atoms with E-state index in [4.69, 9.17) is 5.11 Å². The number of aromatic nitrogens is 2. The van der Waals surface area contributed by atoms with Crippen LogP contribution in [0.4, 0.5) is 13.2 Å². The Kier molecular flexibility index (Phi) is 4.30. The van der Waals surface area contributed by atoms with Gasteiger partial charge in [-0.05, 0) is 0 Å². The standard InChI is InChI=1S/C12H12F3N3O5/c13-12(14,15)7-4-18(3-6(7)10(21)22)9(20)5-17-2-1-8(19)16-11(17)23/h1-2,6-7H,3-5H2,(H,21,22)(H,16,19,23)/t6-,7-/m1/s1. The van der Waals surface area contributed by atoms with E-state index in [1.54, 1.807) is 0 Å². The van der Waals surface area contributed by atoms with Crippen molar-refractivity contribution in [2.45, 2.75) is 12.7 Å². The molecular formula is C12H12F3N3O5. The molecule has 1 aromatic heterocycles. The molecule has 2 heterocycles. The lowest BCUT2D eigenvalue weighted by atomic mass is 9.96. The summed E-state index contributed by atoms with van der Waals surface area (Å²) in [4.78, 5) is 48.0. The molecule has 2 rings (SSSR count). The molecule has 126 valence electrons. The summed E-state index contributed by atoms with van der Waals surface area (Å²) in [5.41, 5.74) is -1.56. The number of carboxylic acids is 1. The van der Waals surface area contributed by atoms with Gasteiger partial charge in [-0.3, -0.25) is 23.9 Å². The number of halogens is 3. The van der Waals surface area contributed by atoms with Crippen molar-refractivity contribution in [2.24, 2.45) is 11.8 Å². The van der Waals surface area contributed by atoms with E-state index in [9.17, 15) is 32.3 Å². The summed E-state index contributed by atoms with van der Waals surface area (Å²) in [6.07, 6.45) is -3.71. The second kappa shape index (κ2) is 5.89. The lowest BCUT2D eigenvalue weighted by Crippen LogP contribution is -2.38. The van der Waals surface area contributed by atoms with E-state index in [1.807, 2.05) is 4.98 Å². The maximum absolute atomic E-state index is 12.8. The summed E-state index contributed by atoms with van der Waals surface area (Å²) < 4.78 is 39.4. The van der Waals surface area contributed by atoms with Gasteiger partial charge in [-0.2, -0.15) is 13.2 Å². The monoisotopic (exact) mass is 335 g/mol. The number of aliphatic carboxylic acids is 1. The predicted octanol–water partition coefficient (Wildman–Crippen LogP) is -0.742. The Balaban J connectivity index is 2.16. The molecule has 0 radical (unpaired) electrons. The van der Waals surface area contributed by atoms with Crippen molar-refractivity contribution in [3.63, 3.8) is 0 Å². The van der Waals surface area contributed by atoms with Crippen molar-refractivity contribution in [1.82, 2.24) is 14.5 Å². The van der Waals surface area contributed by atoms with Gasteiger partial charge >= 0.3 is 17.8 Å². The van der Waals surface area contributed by atoms with Gasteiger partial charge in [-0.1, -0.05) is 0 Å². The van der Waals surface area contributed by atoms with Gasteiger partial charge in [0, 0.05) is 25.4 Å². The number of carbonyl (C=O) groups is 2. The number of nitrogens with zero attached hydrogens (tertiary/aromatic N) is 2. The Bertz CT molecular complexity index is 738. The topological polar surface area (TPSA) is 112 Å². The number of nitrogens with one attached hydrogen (secondary N) is 1. The van der Waals surface area contributed by atoms with Crippen molar-refractivity contribution in [2.75, 3.05) is 13.1 Å². The second-order valence-electron chi connectivity index (χ2n) is 5.13. The molecule has 1 fully saturated rings. The Hall–Kier alpha value is -2.59. The molecule has 8 nitrogen and oxygen atoms in total. The molecular weight excluding hydrogens is 323 g/mol. The fraction of sp³-hybridized carbons (Fsp3) is 0.500. The Morgan fingerprint density at radius 2 is 1.96 bits per heavy atom. The molecule has 1 aliphatic rings. The van der Waals surface area contributed by atoms with E-state index < -0.39 is 60.8 Å². The van der Waals surface area contributed by atoms with Gasteiger partial charge in [0.25, 0.3) is 5.56 Å². The molecule has 0 bridgehead atoms. The maximum atomic E-state index is 12.8. The molecule has 23 heavy (non-hydrogen) atoms. The molecule has 1 saturated heterocycles. The van der Waals surface area contributed by atoms with E-state index in [0.29, 0.717) is 0 Å². The third kappa shape index (κ3) is 3.60. The summed E-state index contributed by atoms with van der Waals surface area (Å²) in [7, 11) is 0. The zero-order valence-corrected chi connectivity index (χ0v) is 11.5. The first-order valence-corrected chi connectivity index (χ1v) is 6.46. The van der Waals surface area contributed by atoms with Crippen LogP contribution in [0.25, 0.3) is 0 Å². The smallest absolute Gasteiger partial charge is 0.394 e. The first-order chi connectivity index (χ1) is 10.6. The predicted molar refractivity (Wildman–Crippen MR) is 68.6 cm³/mol. The highest BCUT2D eigenvalue weighted by Gasteiger charge is 2.53. The number of likely N-dealkylation sites (tertiary alicyclic amines) is 1. The zero-order valence-electron chi connectivity index (χ0n) is 11.5. The second-order valence-corrected chi connectivity index (χ2v) is 5.13. The molecule has 0 aromatic carbocycles. The van der Waals surface area contributed by atoms with Crippen molar-refractivity contribution in [3.05, 3.63) is 33.1 Å². The number of carboxylic acid groups (broad SMARTS) is 1. The minimum absolute atomic E-state index is 0.587. The number of amides is 1. The molecule has 1 aromatic rings. The van der Waals surface area contributed by atoms with E-state index in [1.165, 1.54) is 0 Å². The maximum Gasteiger partial charge on any atom is 0.394 e. The van der Waals surface area contributed by atoms with Gasteiger partial charge in [-0.15, -0.1) is 0 Å². The van der Waals surface area contributed by atoms with E-state index in [2.05, 4.69) is 0 Å². The van der Waals surface area contributed by atoms with Gasteiger partial charge in [0.15, 0.2) is 0 Å². The normalized spacial score (nSPS) is 21.4. The fourth-order valence-corrected chi connectivity index (χ4v) is 2.40. The summed E-state index contributed by atoms with van der Waals surface area (Å²) in [5, 5.41) is 8.88. The highest BCUT2D eigenvalue weighted by molar-refractivity contribution is 5.79. The van der Waals surface area contributed by atoms with Crippen molar-refractivity contribution >= 4 is 11.9 Å². The summed E-state index contributed by atoms with van der Waals surface area (Å²) in [6.45, 7) is -1.96. The van der Waals surface area contributed by atoms with E-state index >= 15 is 0 Å². The molecule has 0 spiro atoms. The molecule has 11 heteroatoms. The van der Waals surface area contributed by atoms with Crippen LogP contribution in [-0.2, 0) is 16.1 Å². The van der Waals surface area contributed by atoms with Crippen molar-refractivity contribution in [1.29, 1.82) is 0 Å². The molecule has 2 atom stereocenters. The van der Waals surface area contributed by atoms with Gasteiger partial charge in [0.1, 0.15) is 6.54 Å². The lowest BCUT2D eigenvalue weighted by molar-refractivity contribution is -0.188. The highest BCUT2D eigenvalue weighted by Crippen LogP contribution is 2.37. The molecule has 0 aliphatic carbocycles. The largest absolute Gasteiger partial charge is 0.481 e. The lowest BCUT2D eigenvalue weighted by Gasteiger charge is -2.18. The van der Waals surface area contributed by atoms with Crippen molar-refractivity contribution in [3.8, 4) is 0 Å². The van der Waals surface area contributed by atoms with Crippen molar-refractivity contribution < 1.29 is 27.9 Å². The molecule has 0 saturated carbocycles. The van der Waals surface area contributed by atoms with Gasteiger partial charge in [-0.25, -0.2) is 4.79 Å². The zero-order chi connectivity index (χ0) is 17.4. The number of H-pyrrole nitrogens is 1. The number of hydrogen-bond donors (Lipinski definition) is 2. The number of hydrogen-bond acceptors (Lipinski definition) is 4. The average Bonchev–Trinajstić information content (AvgIpc) is 2.87. The summed E-state index contributed by atoms with van der Waals surface area (Å²) >= 11 is 0. The molecule has 1 amide bonds. The quantitative estimate of drug-likeness (QED) is 0.755. The molecule has 0 unspecified atom stereocenters. The molecule has 2 N–H and O–H groups in total. The van der Waals surface area contributed by atoms with Gasteiger partial charge < -0.3 is 10.0 Å². The number of carbonyl (C=O) groups excluding carboxylic acids is 1. The van der Waals surface area contributed by atoms with Gasteiger partial charge in [0.05, 0.1) is 11.8 Å². The van der Waals surface area contributed by atoms with Crippen LogP contribution >= 0.6 is 0 Å². The van der Waals surface area contributed by atoms with Crippen LogP contribution in [0.1, 0.15) is 0 Å². The number of alkyl halides is 3. The third-order valence-corrected chi connectivity index (χ3v) is 3.61. The Morgan fingerprint density at radius 1 is 1.30 bits per heavy atom. The van der Waals surface area contributed by atoms with Crippen LogP contribution in [0.2, 0.25) is 0 Å². The Labute approximate surface area is 126 Å². The first kappa shape index (κ1) is 16.8. The average molecular weight is 335 g/mol. The third-order valence-electron chi connectivity index (χ3n) is 3.61. The van der Waals surface area contributed by atoms with E-state index in [0.717, 1.165) is 21.7 Å². The summed E-state index contributed by atoms with van der Waals surface area (Å²) in [5.74, 6) is -6.37. The van der Waals surface area contributed by atoms with Crippen LogP contribution in [0.3, 0.4) is 0 Å². The van der Waals surface area contributed by atoms with Crippen LogP contribution in [0.15, 0.2) is 21.9 Å². The van der Waals surface area contributed by atoms with E-state index in [-0.39, 0.29) is 0 Å². The highest BCUT2D eigenvalue weighted by atomic mass is 19.4. The molecule has 1 aliphatic heterocycles. The van der Waals surface area contributed by atoms with Crippen LogP contribution in [0, 0.1) is 11.8 Å². The SMILES string of the molecule is O=C(O)[C@@H]1CN(C(=O)Cn2ccc(=O)[nH]c2=O)C[C@H]1C(F)(F)F. The van der Waals surface area contributed by atoms with Crippen LogP contribution in [-0.4, -0.2) is 50.7 Å². The number of rotatable bonds is 3. The minimum atomic E-state index is -4.74. The van der Waals surface area contributed by atoms with Gasteiger partial charge in [0.2, 0.25) is 5.91 Å². The van der Waals surface area contributed by atoms with Crippen LogP contribution < -0.4 is 11.2 Å². The fourth-order valence-electron chi connectivity index (χ4n) is 2.40. The van der Waals surface area contributed by atoms with Crippen LogP contribution in [0.5, 0.6) is 0 Å². The summed E-state index contributed by atoms with van der Waals surface area (Å²) in [6, 6.07) is 0.983. The first-order valence-electron chi connectivity index (χ1n) is 6.46. The Morgan fingerprint density at radius 3 is 2.43 bits per heavy atom. The minimum Gasteiger partial charge on any atom is -0.481 e. The number of aromatic amines is 1.